The Morgan fingerprint density at radius 2 is 1.95 bits per heavy atom. The van der Waals surface area contributed by atoms with Gasteiger partial charge in [-0.05, 0) is 41.5 Å². The van der Waals surface area contributed by atoms with E-state index < -0.39 is 0 Å². The maximum atomic E-state index is 12.9. The molecule has 0 saturated heterocycles. The zero-order valence-corrected chi connectivity index (χ0v) is 11.1. The number of rotatable bonds is 2. The summed E-state index contributed by atoms with van der Waals surface area (Å²) in [6.45, 7) is 1.48. The number of fused-ring (bicyclic) bond motifs is 1. The van der Waals surface area contributed by atoms with E-state index in [2.05, 4.69) is 4.90 Å². The average molecular weight is 277 g/mol. The van der Waals surface area contributed by atoms with Crippen molar-refractivity contribution in [2.75, 3.05) is 11.4 Å². The van der Waals surface area contributed by atoms with Gasteiger partial charge in [0.1, 0.15) is 5.82 Å². The maximum Gasteiger partial charge on any atom is 0.123 e. The molecule has 2 nitrogen and oxygen atoms in total. The highest BCUT2D eigenvalue weighted by atomic mass is 35.5. The summed E-state index contributed by atoms with van der Waals surface area (Å²) in [6.07, 6.45) is 0. The van der Waals surface area contributed by atoms with Crippen molar-refractivity contribution in [1.29, 1.82) is 0 Å². The van der Waals surface area contributed by atoms with E-state index in [1.807, 2.05) is 18.2 Å². The molecular weight excluding hydrogens is 263 g/mol. The first kappa shape index (κ1) is 12.5. The Hall–Kier alpha value is -1.58. The van der Waals surface area contributed by atoms with Gasteiger partial charge in [-0.3, -0.25) is 0 Å². The lowest BCUT2D eigenvalue weighted by atomic mass is 10.1. The fraction of sp³-hybridized carbons (Fsp3) is 0.200. The molecule has 1 aliphatic rings. The highest BCUT2D eigenvalue weighted by Crippen LogP contribution is 2.36. The number of hydrogen-bond acceptors (Lipinski definition) is 2. The number of benzene rings is 2. The topological polar surface area (TPSA) is 29.3 Å². The standard InChI is InChI=1S/C15H14ClFN2/c16-11-3-6-15-13(7-11)14(18)9-19(15)8-10-1-4-12(17)5-2-10/h1-7,14H,8-9,18H2. The van der Waals surface area contributed by atoms with Crippen molar-refractivity contribution in [3.8, 4) is 0 Å². The summed E-state index contributed by atoms with van der Waals surface area (Å²) in [6, 6.07) is 12.3. The minimum Gasteiger partial charge on any atom is -0.365 e. The molecule has 2 aromatic carbocycles. The van der Waals surface area contributed by atoms with Gasteiger partial charge in [-0.15, -0.1) is 0 Å². The fourth-order valence-corrected chi connectivity index (χ4v) is 2.68. The molecule has 0 amide bonds. The first-order valence-corrected chi connectivity index (χ1v) is 6.56. The SMILES string of the molecule is NC1CN(Cc2ccc(F)cc2)c2ccc(Cl)cc21. The molecule has 98 valence electrons. The van der Waals surface area contributed by atoms with Crippen LogP contribution in [0.2, 0.25) is 5.02 Å². The van der Waals surface area contributed by atoms with Crippen LogP contribution in [0.4, 0.5) is 10.1 Å². The van der Waals surface area contributed by atoms with Crippen molar-refractivity contribution in [3.63, 3.8) is 0 Å². The van der Waals surface area contributed by atoms with E-state index in [1.54, 1.807) is 12.1 Å². The minimum atomic E-state index is -0.214. The predicted molar refractivity (Wildman–Crippen MR) is 75.8 cm³/mol. The average Bonchev–Trinajstić information content (AvgIpc) is 2.69. The molecule has 0 bridgehead atoms. The fourth-order valence-electron chi connectivity index (χ4n) is 2.50. The first-order valence-electron chi connectivity index (χ1n) is 6.18. The Bertz CT molecular complexity index is 598. The van der Waals surface area contributed by atoms with Gasteiger partial charge in [0.25, 0.3) is 0 Å². The molecule has 1 aliphatic heterocycles. The summed E-state index contributed by atoms with van der Waals surface area (Å²) in [7, 11) is 0. The van der Waals surface area contributed by atoms with E-state index >= 15 is 0 Å². The molecule has 1 heterocycles. The summed E-state index contributed by atoms with van der Waals surface area (Å²) >= 11 is 6.00. The second kappa shape index (κ2) is 4.83. The second-order valence-electron chi connectivity index (χ2n) is 4.82. The van der Waals surface area contributed by atoms with Gasteiger partial charge in [-0.2, -0.15) is 0 Å². The molecular formula is C15H14ClFN2. The summed E-state index contributed by atoms with van der Waals surface area (Å²) in [5.41, 5.74) is 9.38. The van der Waals surface area contributed by atoms with E-state index in [9.17, 15) is 4.39 Å². The zero-order valence-electron chi connectivity index (χ0n) is 10.3. The second-order valence-corrected chi connectivity index (χ2v) is 5.25. The molecule has 1 atom stereocenters. The molecule has 19 heavy (non-hydrogen) atoms. The van der Waals surface area contributed by atoms with Crippen LogP contribution >= 0.6 is 11.6 Å². The third-order valence-electron chi connectivity index (χ3n) is 3.43. The van der Waals surface area contributed by atoms with Gasteiger partial charge in [-0.1, -0.05) is 23.7 Å². The highest BCUT2D eigenvalue weighted by Gasteiger charge is 2.25. The molecule has 3 rings (SSSR count). The molecule has 0 radical (unpaired) electrons. The molecule has 0 aromatic heterocycles. The monoisotopic (exact) mass is 276 g/mol. The number of hydrogen-bond donors (Lipinski definition) is 1. The molecule has 2 aromatic rings. The Labute approximate surface area is 116 Å². The van der Waals surface area contributed by atoms with Gasteiger partial charge in [0, 0.05) is 29.8 Å². The number of nitrogens with two attached hydrogens (primary N) is 1. The third-order valence-corrected chi connectivity index (χ3v) is 3.67. The summed E-state index contributed by atoms with van der Waals surface area (Å²) < 4.78 is 12.9. The van der Waals surface area contributed by atoms with E-state index in [0.717, 1.165) is 29.9 Å². The Morgan fingerprint density at radius 3 is 2.68 bits per heavy atom. The summed E-state index contributed by atoms with van der Waals surface area (Å²) in [5.74, 6) is -0.214. The number of nitrogens with zero attached hydrogens (tertiary/aromatic N) is 1. The van der Waals surface area contributed by atoms with Crippen LogP contribution in [0.3, 0.4) is 0 Å². The molecule has 0 spiro atoms. The van der Waals surface area contributed by atoms with Crippen LogP contribution in [0.1, 0.15) is 17.2 Å². The predicted octanol–water partition coefficient (Wildman–Crippen LogP) is 3.50. The molecule has 1 unspecified atom stereocenters. The molecule has 4 heteroatoms. The largest absolute Gasteiger partial charge is 0.365 e. The zero-order chi connectivity index (χ0) is 13.4. The van der Waals surface area contributed by atoms with Crippen LogP contribution < -0.4 is 10.6 Å². The van der Waals surface area contributed by atoms with Crippen molar-refractivity contribution >= 4 is 17.3 Å². The smallest absolute Gasteiger partial charge is 0.123 e. The van der Waals surface area contributed by atoms with Crippen molar-refractivity contribution in [2.45, 2.75) is 12.6 Å². The van der Waals surface area contributed by atoms with E-state index in [1.165, 1.54) is 12.1 Å². The number of anilines is 1. The molecule has 0 fully saturated rings. The van der Waals surface area contributed by atoms with Gasteiger partial charge in [0.15, 0.2) is 0 Å². The van der Waals surface area contributed by atoms with Crippen LogP contribution in [0.25, 0.3) is 0 Å². The normalized spacial score (nSPS) is 17.6. The van der Waals surface area contributed by atoms with Crippen molar-refractivity contribution in [2.24, 2.45) is 5.73 Å². The van der Waals surface area contributed by atoms with E-state index in [4.69, 9.17) is 17.3 Å². The van der Waals surface area contributed by atoms with Crippen molar-refractivity contribution < 1.29 is 4.39 Å². The van der Waals surface area contributed by atoms with Crippen LogP contribution in [0.15, 0.2) is 42.5 Å². The number of halogens is 2. The first-order chi connectivity index (χ1) is 9.13. The van der Waals surface area contributed by atoms with E-state index in [-0.39, 0.29) is 11.9 Å². The highest BCUT2D eigenvalue weighted by molar-refractivity contribution is 6.30. The molecule has 0 aliphatic carbocycles. The van der Waals surface area contributed by atoms with Gasteiger partial charge in [-0.25, -0.2) is 4.39 Å². The Balaban J connectivity index is 1.86. The Kier molecular flexibility index (Phi) is 3.17. The van der Waals surface area contributed by atoms with E-state index in [0.29, 0.717) is 5.02 Å². The summed E-state index contributed by atoms with van der Waals surface area (Å²) in [5, 5.41) is 0.706. The summed E-state index contributed by atoms with van der Waals surface area (Å²) in [4.78, 5) is 2.20. The quantitative estimate of drug-likeness (QED) is 0.910. The van der Waals surface area contributed by atoms with Crippen molar-refractivity contribution in [1.82, 2.24) is 0 Å². The van der Waals surface area contributed by atoms with Crippen LogP contribution in [0.5, 0.6) is 0 Å². The molecule has 2 N–H and O–H groups in total. The molecule has 0 saturated carbocycles. The van der Waals surface area contributed by atoms with Crippen LogP contribution in [0, 0.1) is 5.82 Å². The Morgan fingerprint density at radius 1 is 1.21 bits per heavy atom. The minimum absolute atomic E-state index is 0.0193. The van der Waals surface area contributed by atoms with Gasteiger partial charge < -0.3 is 10.6 Å². The lowest BCUT2D eigenvalue weighted by Crippen LogP contribution is -2.23. The lowest BCUT2D eigenvalue weighted by Gasteiger charge is -2.19. The van der Waals surface area contributed by atoms with Gasteiger partial charge >= 0.3 is 0 Å². The van der Waals surface area contributed by atoms with Crippen LogP contribution in [-0.2, 0) is 6.54 Å². The van der Waals surface area contributed by atoms with Gasteiger partial charge in [0.05, 0.1) is 0 Å². The van der Waals surface area contributed by atoms with Crippen molar-refractivity contribution in [3.05, 3.63) is 64.4 Å². The van der Waals surface area contributed by atoms with Gasteiger partial charge in [0.2, 0.25) is 0 Å². The third kappa shape index (κ3) is 2.44. The lowest BCUT2D eigenvalue weighted by molar-refractivity contribution is 0.626. The van der Waals surface area contributed by atoms with Crippen LogP contribution in [-0.4, -0.2) is 6.54 Å². The maximum absolute atomic E-state index is 12.9.